The quantitative estimate of drug-likeness (QED) is 0.774. The van der Waals surface area contributed by atoms with Crippen LogP contribution in [0.15, 0.2) is 24.3 Å². The molecular weight excluding hydrogens is 354 g/mol. The predicted molar refractivity (Wildman–Crippen MR) is 95.6 cm³/mol. The summed E-state index contributed by atoms with van der Waals surface area (Å²) in [6.07, 6.45) is 0. The molecule has 4 nitrogen and oxygen atoms in total. The number of carbonyl (C=O) groups excluding carboxylic acids is 2. The van der Waals surface area contributed by atoms with E-state index in [1.807, 2.05) is 24.3 Å². The van der Waals surface area contributed by atoms with E-state index in [0.717, 1.165) is 15.8 Å². The van der Waals surface area contributed by atoms with E-state index >= 15 is 0 Å². The molecule has 1 aromatic heterocycles. The second-order valence-electron chi connectivity index (χ2n) is 5.08. The topological polar surface area (TPSA) is 46.6 Å². The number of thiophene rings is 1. The molecule has 0 radical (unpaired) electrons. The van der Waals surface area contributed by atoms with Crippen LogP contribution >= 0.6 is 34.7 Å². The van der Waals surface area contributed by atoms with Gasteiger partial charge in [0, 0.05) is 28.1 Å². The molecule has 122 valence electrons. The fraction of sp³-hybridized carbons (Fsp3) is 0.375. The lowest BCUT2D eigenvalue weighted by Gasteiger charge is -2.33. The third-order valence-electron chi connectivity index (χ3n) is 3.68. The van der Waals surface area contributed by atoms with Crippen LogP contribution in [0.5, 0.6) is 0 Å². The summed E-state index contributed by atoms with van der Waals surface area (Å²) < 4.78 is 6.08. The summed E-state index contributed by atoms with van der Waals surface area (Å²) in [5.41, 5.74) is 0. The minimum absolute atomic E-state index is 0.186. The Bertz CT molecular complexity index is 746. The predicted octanol–water partition coefficient (Wildman–Crippen LogP) is 3.68. The lowest BCUT2D eigenvalue weighted by Crippen LogP contribution is -2.50. The first-order valence-corrected chi connectivity index (χ1v) is 9.70. The molecular formula is C16H16ClNO3S2. The van der Waals surface area contributed by atoms with Crippen LogP contribution in [0.1, 0.15) is 16.6 Å². The molecule has 0 saturated carbocycles. The lowest BCUT2D eigenvalue weighted by atomic mass is 10.2. The molecule has 1 atom stereocenters. The number of fused-ring (bicyclic) bond motifs is 1. The second-order valence-corrected chi connectivity index (χ2v) is 7.66. The van der Waals surface area contributed by atoms with Gasteiger partial charge in [0.05, 0.1) is 11.6 Å². The van der Waals surface area contributed by atoms with Gasteiger partial charge in [0.2, 0.25) is 0 Å². The largest absolute Gasteiger partial charge is 0.464 e. The molecule has 7 heteroatoms. The highest BCUT2D eigenvalue weighted by molar-refractivity contribution is 7.99. The molecule has 1 aliphatic rings. The van der Waals surface area contributed by atoms with Gasteiger partial charge in [-0.15, -0.1) is 11.3 Å². The molecule has 3 rings (SSSR count). The Morgan fingerprint density at radius 1 is 1.39 bits per heavy atom. The van der Waals surface area contributed by atoms with Gasteiger partial charge in [0.1, 0.15) is 10.9 Å². The lowest BCUT2D eigenvalue weighted by molar-refractivity contribution is -0.147. The smallest absolute Gasteiger partial charge is 0.329 e. The SMILES string of the molecule is CCOC(=O)[C@@H]1CSCCN1C(=O)c1sc2ccccc2c1Cl. The van der Waals surface area contributed by atoms with Gasteiger partial charge in [-0.2, -0.15) is 11.8 Å². The number of ether oxygens (including phenoxy) is 1. The van der Waals surface area contributed by atoms with Gasteiger partial charge >= 0.3 is 5.97 Å². The van der Waals surface area contributed by atoms with Crippen molar-refractivity contribution in [2.75, 3.05) is 24.7 Å². The van der Waals surface area contributed by atoms with Crippen LogP contribution in [-0.2, 0) is 9.53 Å². The van der Waals surface area contributed by atoms with Crippen LogP contribution in [0.3, 0.4) is 0 Å². The monoisotopic (exact) mass is 369 g/mol. The Morgan fingerprint density at radius 3 is 2.91 bits per heavy atom. The van der Waals surface area contributed by atoms with E-state index < -0.39 is 6.04 Å². The van der Waals surface area contributed by atoms with E-state index in [1.54, 1.807) is 23.6 Å². The van der Waals surface area contributed by atoms with E-state index in [9.17, 15) is 9.59 Å². The molecule has 1 amide bonds. The first-order valence-electron chi connectivity index (χ1n) is 7.36. The molecule has 0 spiro atoms. The van der Waals surface area contributed by atoms with E-state index in [-0.39, 0.29) is 11.9 Å². The summed E-state index contributed by atoms with van der Waals surface area (Å²) in [5, 5.41) is 1.35. The zero-order valence-electron chi connectivity index (χ0n) is 12.6. The highest BCUT2D eigenvalue weighted by atomic mass is 35.5. The van der Waals surface area contributed by atoms with Gasteiger partial charge in [-0.05, 0) is 13.0 Å². The van der Waals surface area contributed by atoms with Gasteiger partial charge in [-0.3, -0.25) is 4.79 Å². The number of halogens is 1. The minimum atomic E-state index is -0.539. The van der Waals surface area contributed by atoms with Crippen molar-refractivity contribution in [1.82, 2.24) is 4.90 Å². The Hall–Kier alpha value is -1.24. The van der Waals surface area contributed by atoms with E-state index in [0.29, 0.717) is 28.8 Å². The van der Waals surface area contributed by atoms with Crippen LogP contribution in [0.25, 0.3) is 10.1 Å². The zero-order valence-corrected chi connectivity index (χ0v) is 15.0. The molecule has 0 N–H and O–H groups in total. The first-order chi connectivity index (χ1) is 11.1. The van der Waals surface area contributed by atoms with Crippen LogP contribution < -0.4 is 0 Å². The maximum Gasteiger partial charge on any atom is 0.329 e. The highest BCUT2D eigenvalue weighted by Gasteiger charge is 2.35. The fourth-order valence-electron chi connectivity index (χ4n) is 2.56. The molecule has 1 aromatic carbocycles. The number of amides is 1. The van der Waals surface area contributed by atoms with Crippen molar-refractivity contribution in [3.63, 3.8) is 0 Å². The Morgan fingerprint density at radius 2 is 2.17 bits per heavy atom. The average Bonchev–Trinajstić information content (AvgIpc) is 2.92. The number of thioether (sulfide) groups is 1. The zero-order chi connectivity index (χ0) is 16.4. The van der Waals surface area contributed by atoms with Gasteiger partial charge < -0.3 is 9.64 Å². The van der Waals surface area contributed by atoms with Crippen LogP contribution in [-0.4, -0.2) is 47.5 Å². The molecule has 1 aliphatic heterocycles. The number of rotatable bonds is 3. The Balaban J connectivity index is 1.93. The number of hydrogen-bond acceptors (Lipinski definition) is 5. The molecule has 23 heavy (non-hydrogen) atoms. The summed E-state index contributed by atoms with van der Waals surface area (Å²) in [6, 6.07) is 7.12. The van der Waals surface area contributed by atoms with Crippen molar-refractivity contribution in [2.45, 2.75) is 13.0 Å². The molecule has 0 unspecified atom stereocenters. The summed E-state index contributed by atoms with van der Waals surface area (Å²) in [5.74, 6) is 0.844. The fourth-order valence-corrected chi connectivity index (χ4v) is 5.06. The van der Waals surface area contributed by atoms with Crippen molar-refractivity contribution in [3.05, 3.63) is 34.2 Å². The van der Waals surface area contributed by atoms with Gasteiger partial charge in [-0.25, -0.2) is 4.79 Å². The van der Waals surface area contributed by atoms with Crippen molar-refractivity contribution >= 4 is 56.7 Å². The maximum absolute atomic E-state index is 12.9. The van der Waals surface area contributed by atoms with Crippen LogP contribution in [0.2, 0.25) is 5.02 Å². The third-order valence-corrected chi connectivity index (χ3v) is 6.36. The maximum atomic E-state index is 12.9. The minimum Gasteiger partial charge on any atom is -0.464 e. The summed E-state index contributed by atoms with van der Waals surface area (Å²) in [6.45, 7) is 2.60. The van der Waals surface area contributed by atoms with E-state index in [1.165, 1.54) is 11.3 Å². The van der Waals surface area contributed by atoms with Crippen molar-refractivity contribution in [3.8, 4) is 0 Å². The number of benzene rings is 1. The summed E-state index contributed by atoms with van der Waals surface area (Å²) in [7, 11) is 0. The number of esters is 1. The molecule has 2 heterocycles. The number of carbonyl (C=O) groups is 2. The summed E-state index contributed by atoms with van der Waals surface area (Å²) in [4.78, 5) is 27.2. The van der Waals surface area contributed by atoms with Gasteiger partial charge in [-0.1, -0.05) is 29.8 Å². The van der Waals surface area contributed by atoms with Crippen molar-refractivity contribution in [1.29, 1.82) is 0 Å². The number of hydrogen-bond donors (Lipinski definition) is 0. The van der Waals surface area contributed by atoms with E-state index in [2.05, 4.69) is 0 Å². The molecule has 0 aliphatic carbocycles. The standard InChI is InChI=1S/C16H16ClNO3S2/c1-2-21-16(20)11-9-22-8-7-18(11)15(19)14-13(17)10-5-3-4-6-12(10)23-14/h3-6,11H,2,7-9H2,1H3/t11-/m0/s1. The molecule has 0 bridgehead atoms. The average molecular weight is 370 g/mol. The second kappa shape index (κ2) is 7.11. The normalized spacial score (nSPS) is 18.2. The molecule has 1 saturated heterocycles. The van der Waals surface area contributed by atoms with Crippen molar-refractivity contribution < 1.29 is 14.3 Å². The third kappa shape index (κ3) is 3.20. The van der Waals surface area contributed by atoms with Gasteiger partial charge in [0.15, 0.2) is 0 Å². The van der Waals surface area contributed by atoms with Crippen LogP contribution in [0, 0.1) is 0 Å². The van der Waals surface area contributed by atoms with Crippen molar-refractivity contribution in [2.24, 2.45) is 0 Å². The van der Waals surface area contributed by atoms with Gasteiger partial charge in [0.25, 0.3) is 5.91 Å². The van der Waals surface area contributed by atoms with E-state index in [4.69, 9.17) is 16.3 Å². The first kappa shape index (κ1) is 16.6. The molecule has 2 aromatic rings. The number of nitrogens with zero attached hydrogens (tertiary/aromatic N) is 1. The Kier molecular flexibility index (Phi) is 5.14. The van der Waals surface area contributed by atoms with Crippen LogP contribution in [0.4, 0.5) is 0 Å². The highest BCUT2D eigenvalue weighted by Crippen LogP contribution is 2.36. The Labute approximate surface area is 147 Å². The summed E-state index contributed by atoms with van der Waals surface area (Å²) >= 11 is 9.43. The molecule has 1 fully saturated rings.